The molecule has 0 fully saturated rings. The minimum absolute atomic E-state index is 0.0251. The third-order valence-corrected chi connectivity index (χ3v) is 2.80. The third kappa shape index (κ3) is 3.45. The fourth-order valence-electron chi connectivity index (χ4n) is 1.72. The summed E-state index contributed by atoms with van der Waals surface area (Å²) >= 11 is 0. The lowest BCUT2D eigenvalue weighted by atomic mass is 9.98. The fraction of sp³-hybridized carbons (Fsp3) is 0.462. The van der Waals surface area contributed by atoms with Crippen molar-refractivity contribution in [2.75, 3.05) is 14.2 Å². The monoisotopic (exact) mass is 253 g/mol. The van der Waals surface area contributed by atoms with Gasteiger partial charge in [-0.3, -0.25) is 4.79 Å². The van der Waals surface area contributed by atoms with E-state index < -0.39 is 18.1 Å². The van der Waals surface area contributed by atoms with Crippen molar-refractivity contribution in [3.8, 4) is 5.75 Å². The molecular weight excluding hydrogens is 234 g/mol. The van der Waals surface area contributed by atoms with Crippen LogP contribution in [0.2, 0.25) is 0 Å². The molecule has 100 valence electrons. The molecule has 0 aliphatic rings. The second-order valence-electron chi connectivity index (χ2n) is 4.12. The van der Waals surface area contributed by atoms with Crippen LogP contribution in [0.1, 0.15) is 23.7 Å². The fourth-order valence-corrected chi connectivity index (χ4v) is 1.72. The van der Waals surface area contributed by atoms with Gasteiger partial charge in [0.2, 0.25) is 0 Å². The number of nitrogens with two attached hydrogens (primary N) is 1. The Hall–Kier alpha value is -1.59. The maximum absolute atomic E-state index is 11.1. The lowest BCUT2D eigenvalue weighted by Crippen LogP contribution is -2.31. The summed E-state index contributed by atoms with van der Waals surface area (Å²) in [6.07, 6.45) is -0.934. The predicted octanol–water partition coefficient (Wildman–Crippen LogP) is 0.927. The summed E-state index contributed by atoms with van der Waals surface area (Å²) in [5.74, 6) is 0.305. The predicted molar refractivity (Wildman–Crippen MR) is 67.3 cm³/mol. The van der Waals surface area contributed by atoms with Crippen LogP contribution in [0.15, 0.2) is 18.2 Å². The van der Waals surface area contributed by atoms with Gasteiger partial charge in [-0.05, 0) is 30.2 Å². The normalized spacial score (nSPS) is 13.8. The number of esters is 1. The van der Waals surface area contributed by atoms with Crippen LogP contribution in [0.4, 0.5) is 0 Å². The molecule has 0 saturated heterocycles. The van der Waals surface area contributed by atoms with Crippen molar-refractivity contribution in [1.82, 2.24) is 0 Å². The number of carbonyl (C=O) groups is 1. The Morgan fingerprint density at radius 1 is 1.44 bits per heavy atom. The van der Waals surface area contributed by atoms with Crippen molar-refractivity contribution >= 4 is 5.97 Å². The number of carbonyl (C=O) groups excluding carboxylic acids is 1. The average molecular weight is 253 g/mol. The molecule has 0 amide bonds. The number of hydrogen-bond donors (Lipinski definition) is 2. The highest BCUT2D eigenvalue weighted by atomic mass is 16.5. The second-order valence-corrected chi connectivity index (χ2v) is 4.12. The minimum atomic E-state index is -0.909. The van der Waals surface area contributed by atoms with E-state index in [0.717, 1.165) is 11.3 Å². The van der Waals surface area contributed by atoms with Crippen LogP contribution in [-0.4, -0.2) is 31.3 Å². The van der Waals surface area contributed by atoms with Crippen LogP contribution >= 0.6 is 0 Å². The maximum Gasteiger partial charge on any atom is 0.307 e. The molecule has 1 rings (SSSR count). The van der Waals surface area contributed by atoms with Gasteiger partial charge in [0.25, 0.3) is 0 Å². The van der Waals surface area contributed by atoms with Gasteiger partial charge in [0.1, 0.15) is 5.75 Å². The van der Waals surface area contributed by atoms with Crippen LogP contribution in [0.25, 0.3) is 0 Å². The number of rotatable bonds is 5. The summed E-state index contributed by atoms with van der Waals surface area (Å²) in [6, 6.07) is 4.60. The lowest BCUT2D eigenvalue weighted by molar-refractivity contribution is -0.141. The van der Waals surface area contributed by atoms with E-state index in [1.165, 1.54) is 7.11 Å². The molecular formula is C13H19NO4. The Morgan fingerprint density at radius 2 is 2.11 bits per heavy atom. The summed E-state index contributed by atoms with van der Waals surface area (Å²) in [5.41, 5.74) is 7.32. The van der Waals surface area contributed by atoms with E-state index in [9.17, 15) is 9.90 Å². The van der Waals surface area contributed by atoms with Gasteiger partial charge in [-0.25, -0.2) is 0 Å². The Morgan fingerprint density at radius 3 is 2.61 bits per heavy atom. The molecule has 18 heavy (non-hydrogen) atoms. The molecule has 3 N–H and O–H groups in total. The lowest BCUT2D eigenvalue weighted by Gasteiger charge is -2.19. The van der Waals surface area contributed by atoms with E-state index in [1.54, 1.807) is 25.3 Å². The van der Waals surface area contributed by atoms with Crippen molar-refractivity contribution in [1.29, 1.82) is 0 Å². The van der Waals surface area contributed by atoms with Crippen molar-refractivity contribution in [3.63, 3.8) is 0 Å². The Kier molecular flexibility index (Phi) is 5.12. The van der Waals surface area contributed by atoms with Crippen LogP contribution in [0.5, 0.6) is 5.75 Å². The van der Waals surface area contributed by atoms with Crippen molar-refractivity contribution in [3.05, 3.63) is 29.3 Å². The first-order valence-electron chi connectivity index (χ1n) is 5.64. The van der Waals surface area contributed by atoms with Gasteiger partial charge in [0.15, 0.2) is 0 Å². The van der Waals surface area contributed by atoms with E-state index in [-0.39, 0.29) is 6.42 Å². The molecule has 2 unspecified atom stereocenters. The Labute approximate surface area is 107 Å². The summed E-state index contributed by atoms with van der Waals surface area (Å²) < 4.78 is 9.65. The molecule has 0 radical (unpaired) electrons. The van der Waals surface area contributed by atoms with E-state index in [1.807, 2.05) is 6.92 Å². The number of benzene rings is 1. The summed E-state index contributed by atoms with van der Waals surface area (Å²) in [6.45, 7) is 1.88. The van der Waals surface area contributed by atoms with Crippen molar-refractivity contribution < 1.29 is 19.4 Å². The number of aliphatic hydroxyl groups is 1. The van der Waals surface area contributed by atoms with E-state index in [0.29, 0.717) is 5.56 Å². The Balaban J connectivity index is 2.80. The van der Waals surface area contributed by atoms with Gasteiger partial charge in [-0.1, -0.05) is 6.07 Å². The van der Waals surface area contributed by atoms with Crippen LogP contribution in [0.3, 0.4) is 0 Å². The number of hydrogen-bond acceptors (Lipinski definition) is 5. The quantitative estimate of drug-likeness (QED) is 0.763. The maximum atomic E-state index is 11.1. The standard InChI is InChI=1S/C13H19NO4/c1-8-6-9(4-5-11(8)17-2)13(16)10(14)7-12(15)18-3/h4-6,10,13,16H,7,14H2,1-3H3. The molecule has 0 aromatic heterocycles. The van der Waals surface area contributed by atoms with Crippen LogP contribution < -0.4 is 10.5 Å². The van der Waals surface area contributed by atoms with E-state index in [2.05, 4.69) is 4.74 Å². The summed E-state index contributed by atoms with van der Waals surface area (Å²) in [5, 5.41) is 10.0. The number of aliphatic hydroxyl groups excluding tert-OH is 1. The van der Waals surface area contributed by atoms with Crippen LogP contribution in [0, 0.1) is 6.92 Å². The summed E-state index contributed by atoms with van der Waals surface area (Å²) in [4.78, 5) is 11.1. The highest BCUT2D eigenvalue weighted by Crippen LogP contribution is 2.24. The average Bonchev–Trinajstić information content (AvgIpc) is 2.37. The molecule has 0 aliphatic carbocycles. The largest absolute Gasteiger partial charge is 0.496 e. The zero-order valence-corrected chi connectivity index (χ0v) is 10.8. The minimum Gasteiger partial charge on any atom is -0.496 e. The first-order valence-corrected chi connectivity index (χ1v) is 5.64. The summed E-state index contributed by atoms with van der Waals surface area (Å²) in [7, 11) is 2.88. The third-order valence-electron chi connectivity index (χ3n) is 2.80. The van der Waals surface area contributed by atoms with Gasteiger partial charge in [0, 0.05) is 6.04 Å². The SMILES string of the molecule is COC(=O)CC(N)C(O)c1ccc(OC)c(C)c1. The van der Waals surface area contributed by atoms with Crippen molar-refractivity contribution in [2.24, 2.45) is 5.73 Å². The molecule has 1 aromatic rings. The smallest absolute Gasteiger partial charge is 0.307 e. The zero-order chi connectivity index (χ0) is 13.7. The van der Waals surface area contributed by atoms with Crippen LogP contribution in [-0.2, 0) is 9.53 Å². The molecule has 5 nitrogen and oxygen atoms in total. The zero-order valence-electron chi connectivity index (χ0n) is 10.8. The molecule has 2 atom stereocenters. The van der Waals surface area contributed by atoms with Gasteiger partial charge < -0.3 is 20.3 Å². The second kappa shape index (κ2) is 6.37. The number of aryl methyl sites for hydroxylation is 1. The van der Waals surface area contributed by atoms with E-state index in [4.69, 9.17) is 10.5 Å². The first kappa shape index (κ1) is 14.5. The van der Waals surface area contributed by atoms with Crippen molar-refractivity contribution in [2.45, 2.75) is 25.5 Å². The highest BCUT2D eigenvalue weighted by molar-refractivity contribution is 5.70. The van der Waals surface area contributed by atoms with E-state index >= 15 is 0 Å². The van der Waals surface area contributed by atoms with Gasteiger partial charge in [-0.2, -0.15) is 0 Å². The molecule has 5 heteroatoms. The topological polar surface area (TPSA) is 81.8 Å². The molecule has 0 spiro atoms. The highest BCUT2D eigenvalue weighted by Gasteiger charge is 2.20. The van der Waals surface area contributed by atoms with Gasteiger partial charge in [-0.15, -0.1) is 0 Å². The van der Waals surface area contributed by atoms with Gasteiger partial charge >= 0.3 is 5.97 Å². The first-order chi connectivity index (χ1) is 8.49. The molecule has 1 aromatic carbocycles. The van der Waals surface area contributed by atoms with Gasteiger partial charge in [0.05, 0.1) is 26.7 Å². The molecule has 0 aliphatic heterocycles. The molecule has 0 saturated carbocycles. The number of ether oxygens (including phenoxy) is 2. The molecule has 0 bridgehead atoms. The molecule has 0 heterocycles. The Bertz CT molecular complexity index is 419. The number of methoxy groups -OCH3 is 2.